The standard InChI is InChI=1S/C25H17.C11H16O.CH2.Ti/c1-3-9-18(10-4-1)20-13-7-15-22-23-16-8-14-21(25(23)17-24(20)22)19-11-5-2-6-12-19;1-8-5-9(11(2,3)4)7-10(12)6-8;;/h1-17H;5-7,12H,1-4H3;1H2;/q-1;;;+1. The minimum Gasteiger partial charge on any atom is -0.114 e. The van der Waals surface area contributed by atoms with Crippen LogP contribution in [-0.4, -0.2) is 9.92 Å². The van der Waals surface area contributed by atoms with Gasteiger partial charge in [0, 0.05) is 0 Å². The van der Waals surface area contributed by atoms with E-state index in [2.05, 4.69) is 135 Å². The number of fused-ring (bicyclic) bond motifs is 3. The molecule has 2 heteroatoms. The Bertz CT molecular complexity index is 1600. The fraction of sp³-hybridized carbons (Fsp3) is 0.135. The van der Waals surface area contributed by atoms with Crippen molar-refractivity contribution >= 4 is 15.6 Å². The number of phenols is 1. The van der Waals surface area contributed by atoms with Gasteiger partial charge in [0.25, 0.3) is 0 Å². The fourth-order valence-electron chi connectivity index (χ4n) is 4.99. The summed E-state index contributed by atoms with van der Waals surface area (Å²) < 4.78 is 0. The molecule has 0 fully saturated rings. The summed E-state index contributed by atoms with van der Waals surface area (Å²) >= 11 is 1.75. The molecule has 0 unspecified atom stereocenters. The number of hydrogen-bond acceptors (Lipinski definition) is 1. The molecule has 0 saturated carbocycles. The number of benzene rings is 5. The molecule has 0 bridgehead atoms. The van der Waals surface area contributed by atoms with E-state index in [1.54, 1.807) is 26.0 Å². The molecular formula is C37H35OTi. The summed E-state index contributed by atoms with van der Waals surface area (Å²) in [6.07, 6.45) is 0. The van der Waals surface area contributed by atoms with E-state index >= 15 is 0 Å². The van der Waals surface area contributed by atoms with Crippen LogP contribution in [0.25, 0.3) is 44.2 Å². The van der Waals surface area contributed by atoms with Gasteiger partial charge in [0.1, 0.15) is 5.75 Å². The summed E-state index contributed by atoms with van der Waals surface area (Å²) in [4.78, 5) is 3.25. The fourth-order valence-corrected chi connectivity index (χ4v) is 4.99. The van der Waals surface area contributed by atoms with Crippen molar-refractivity contribution in [2.45, 2.75) is 33.1 Å². The van der Waals surface area contributed by atoms with E-state index in [-0.39, 0.29) is 5.41 Å². The number of rotatable bonds is 2. The van der Waals surface area contributed by atoms with Crippen molar-refractivity contribution in [1.29, 1.82) is 0 Å². The predicted octanol–water partition coefficient (Wildman–Crippen LogP) is 9.96. The van der Waals surface area contributed by atoms with E-state index in [0.717, 1.165) is 5.56 Å². The molecule has 4 aromatic rings. The first-order chi connectivity index (χ1) is 18.8. The van der Waals surface area contributed by atoms with Crippen molar-refractivity contribution in [3.8, 4) is 39.1 Å². The monoisotopic (exact) mass is 543 g/mol. The second kappa shape index (κ2) is 12.5. The van der Waals surface area contributed by atoms with Gasteiger partial charge in [-0.05, 0) is 57.5 Å². The Hall–Kier alpha value is -3.65. The van der Waals surface area contributed by atoms with Crippen LogP contribution in [0.4, 0.5) is 0 Å². The minimum atomic E-state index is 0.115. The van der Waals surface area contributed by atoms with Gasteiger partial charge in [-0.2, -0.15) is 0 Å². The molecule has 0 spiro atoms. The molecule has 193 valence electrons. The van der Waals surface area contributed by atoms with Crippen molar-refractivity contribution in [3.63, 3.8) is 0 Å². The van der Waals surface area contributed by atoms with Crippen molar-refractivity contribution in [3.05, 3.63) is 132 Å². The summed E-state index contributed by atoms with van der Waals surface area (Å²) in [6, 6.07) is 42.6. The molecule has 0 radical (unpaired) electrons. The van der Waals surface area contributed by atoms with Crippen LogP contribution in [0.15, 0.2) is 121 Å². The third-order valence-corrected chi connectivity index (χ3v) is 6.89. The van der Waals surface area contributed by atoms with Gasteiger partial charge in [0.15, 0.2) is 0 Å². The van der Waals surface area contributed by atoms with Gasteiger partial charge < -0.3 is 5.11 Å². The average Bonchev–Trinajstić information content (AvgIpc) is 3.34. The zero-order valence-electron chi connectivity index (χ0n) is 23.2. The molecular weight excluding hydrogens is 508 g/mol. The zero-order chi connectivity index (χ0) is 28.0. The molecule has 39 heavy (non-hydrogen) atoms. The van der Waals surface area contributed by atoms with Gasteiger partial charge >= 0.3 is 24.8 Å². The Kier molecular flexibility index (Phi) is 9.07. The molecule has 0 heterocycles. The van der Waals surface area contributed by atoms with E-state index in [4.69, 9.17) is 0 Å². The second-order valence-electron chi connectivity index (χ2n) is 10.7. The van der Waals surface area contributed by atoms with E-state index in [1.165, 1.54) is 49.7 Å². The molecule has 0 atom stereocenters. The molecule has 4 aromatic carbocycles. The molecule has 1 nitrogen and oxygen atoms in total. The molecule has 2 aliphatic carbocycles. The predicted molar refractivity (Wildman–Crippen MR) is 166 cm³/mol. The average molecular weight is 544 g/mol. The van der Waals surface area contributed by atoms with E-state index in [0.29, 0.717) is 5.75 Å². The Labute approximate surface area is 244 Å². The summed E-state index contributed by atoms with van der Waals surface area (Å²) in [5.41, 5.74) is 10.2. The van der Waals surface area contributed by atoms with E-state index < -0.39 is 0 Å². The maximum atomic E-state index is 9.36. The molecule has 0 aromatic heterocycles. The number of aryl methyl sites for hydroxylation is 1. The van der Waals surface area contributed by atoms with Crippen LogP contribution in [0.3, 0.4) is 0 Å². The van der Waals surface area contributed by atoms with Crippen LogP contribution in [-0.2, 0) is 25.4 Å². The third-order valence-electron chi connectivity index (χ3n) is 6.89. The Morgan fingerprint density at radius 2 is 1.31 bits per heavy atom. The molecule has 0 amide bonds. The zero-order valence-corrected chi connectivity index (χ0v) is 24.8. The SMILES string of the molecule is Cc1cc(O)cc(C(C)(C)C)c1.[CH2]=[Ti+].c1ccc(-c2cccc3c4ccc[c-](-c5ccccc5)c-4cc23)cc1. The van der Waals surface area contributed by atoms with Gasteiger partial charge in [-0.15, -0.1) is 35.9 Å². The number of phenolic OH excluding ortho intramolecular Hbond substituents is 1. The Balaban J connectivity index is 0.000000214. The number of aromatic hydroxyl groups is 1. The van der Waals surface area contributed by atoms with Crippen LogP contribution in [0, 0.1) is 6.92 Å². The van der Waals surface area contributed by atoms with Crippen molar-refractivity contribution in [2.75, 3.05) is 0 Å². The van der Waals surface area contributed by atoms with Crippen LogP contribution in [0.5, 0.6) is 5.75 Å². The quantitative estimate of drug-likeness (QED) is 0.170. The van der Waals surface area contributed by atoms with Crippen molar-refractivity contribution < 1.29 is 25.1 Å². The molecule has 1 N–H and O–H groups in total. The van der Waals surface area contributed by atoms with Gasteiger partial charge in [-0.1, -0.05) is 116 Å². The first-order valence-electron chi connectivity index (χ1n) is 13.2. The van der Waals surface area contributed by atoms with Crippen molar-refractivity contribution in [1.82, 2.24) is 0 Å². The maximum absolute atomic E-state index is 9.36. The Morgan fingerprint density at radius 1 is 0.667 bits per heavy atom. The number of hydrogen-bond donors (Lipinski definition) is 1. The topological polar surface area (TPSA) is 20.2 Å². The molecule has 2 aliphatic rings. The maximum Gasteiger partial charge on any atom is -0.0173 e. The smallest absolute Gasteiger partial charge is 0.0173 e. The first kappa shape index (κ1) is 28.4. The molecule has 6 rings (SSSR count). The van der Waals surface area contributed by atoms with Crippen LogP contribution >= 0.6 is 0 Å². The minimum absolute atomic E-state index is 0.115. The summed E-state index contributed by atoms with van der Waals surface area (Å²) in [5.74, 6) is 0.361. The van der Waals surface area contributed by atoms with Crippen LogP contribution in [0.1, 0.15) is 31.9 Å². The van der Waals surface area contributed by atoms with Crippen molar-refractivity contribution in [2.24, 2.45) is 0 Å². The third kappa shape index (κ3) is 6.50. The molecule has 0 saturated heterocycles. The van der Waals surface area contributed by atoms with E-state index in [1.807, 2.05) is 13.0 Å². The normalized spacial score (nSPS) is 10.9. The van der Waals surface area contributed by atoms with Gasteiger partial charge in [0.2, 0.25) is 0 Å². The summed E-state index contributed by atoms with van der Waals surface area (Å²) in [5, 5.41) is 12.0. The second-order valence-corrected chi connectivity index (χ2v) is 10.7. The Morgan fingerprint density at radius 3 is 1.95 bits per heavy atom. The van der Waals surface area contributed by atoms with E-state index in [9.17, 15) is 5.11 Å². The largest absolute Gasteiger partial charge is 0.114 e. The first-order valence-corrected chi connectivity index (χ1v) is 14.3. The van der Waals surface area contributed by atoms with Gasteiger partial charge in [0.05, 0.1) is 0 Å². The van der Waals surface area contributed by atoms with Crippen LogP contribution in [0.2, 0.25) is 0 Å². The van der Waals surface area contributed by atoms with Gasteiger partial charge in [-0.25, -0.2) is 0 Å². The van der Waals surface area contributed by atoms with Crippen LogP contribution < -0.4 is 0 Å². The van der Waals surface area contributed by atoms with Gasteiger partial charge in [-0.3, -0.25) is 0 Å². The summed E-state index contributed by atoms with van der Waals surface area (Å²) in [6.45, 7) is 8.42. The summed E-state index contributed by atoms with van der Waals surface area (Å²) in [7, 11) is 0. The molecule has 0 aliphatic heterocycles.